The van der Waals surface area contributed by atoms with Crippen LogP contribution in [0.1, 0.15) is 60.8 Å². The largest absolute Gasteiger partial charge is 0.494 e. The van der Waals surface area contributed by atoms with Crippen LogP contribution in [0.15, 0.2) is 73.8 Å². The van der Waals surface area contributed by atoms with Crippen LogP contribution < -0.4 is 19.4 Å². The highest BCUT2D eigenvalue weighted by Gasteiger charge is 2.78. The van der Waals surface area contributed by atoms with E-state index in [0.29, 0.717) is 30.9 Å². The average molecular weight is 717 g/mol. The molecule has 276 valence electrons. The Morgan fingerprint density at radius 1 is 0.941 bits per heavy atom. The van der Waals surface area contributed by atoms with E-state index in [2.05, 4.69) is 38.8 Å². The summed E-state index contributed by atoms with van der Waals surface area (Å²) in [7, 11) is 0. The monoisotopic (exact) mass is 716 g/mol. The Morgan fingerprint density at radius 3 is 2.00 bits per heavy atom. The maximum absolute atomic E-state index is 15.3. The third kappa shape index (κ3) is 6.70. The molecule has 3 saturated heterocycles. The minimum Gasteiger partial charge on any atom is -0.494 e. The minimum absolute atomic E-state index is 0.0706. The van der Waals surface area contributed by atoms with Crippen molar-refractivity contribution in [3.63, 3.8) is 0 Å². The van der Waals surface area contributed by atoms with Crippen molar-refractivity contribution in [1.29, 1.82) is 0 Å². The van der Waals surface area contributed by atoms with Gasteiger partial charge in [-0.15, -0.1) is 24.9 Å². The van der Waals surface area contributed by atoms with Gasteiger partial charge < -0.3 is 29.4 Å². The second-order valence-corrected chi connectivity index (χ2v) is 16.1. The van der Waals surface area contributed by atoms with E-state index in [4.69, 9.17) is 4.74 Å². The second-order valence-electron chi connectivity index (χ2n) is 14.2. The maximum Gasteiger partial charge on any atom is 0.251 e. The van der Waals surface area contributed by atoms with Gasteiger partial charge in [0, 0.05) is 48.0 Å². The molecule has 3 amide bonds. The molecule has 5 rings (SSSR count). The number of benzene rings is 2. The predicted molar refractivity (Wildman–Crippen MR) is 209 cm³/mol. The Hall–Kier alpha value is -3.76. The highest BCUT2D eigenvalue weighted by molar-refractivity contribution is 8.02. The third-order valence-electron chi connectivity index (χ3n) is 11.5. The SMILES string of the molecule is C=CCN(C(=O)C1N([C@@H](CO)[C@@H](C)CC)C(=O)[C@@H]2[C@@H](C(=O)N(CC=C)c3ccc(OCC)cc3)[C@@]3(C)CCC12S3)c1ccc(N(CC)CC)cc1. The number of anilines is 3. The third-order valence-corrected chi connectivity index (χ3v) is 13.5. The summed E-state index contributed by atoms with van der Waals surface area (Å²) in [6.07, 6.45) is 5.43. The van der Waals surface area contributed by atoms with E-state index in [1.807, 2.05) is 69.3 Å². The molecule has 3 aliphatic rings. The Kier molecular flexibility index (Phi) is 12.0. The lowest BCUT2D eigenvalue weighted by Gasteiger charge is -2.41. The number of hydrogen-bond acceptors (Lipinski definition) is 7. The van der Waals surface area contributed by atoms with Gasteiger partial charge in [0.25, 0.3) is 5.91 Å². The smallest absolute Gasteiger partial charge is 0.251 e. The van der Waals surface area contributed by atoms with Crippen LogP contribution in [0.25, 0.3) is 0 Å². The van der Waals surface area contributed by atoms with Gasteiger partial charge in [-0.3, -0.25) is 14.4 Å². The van der Waals surface area contributed by atoms with Gasteiger partial charge in [-0.2, -0.15) is 0 Å². The topological polar surface area (TPSA) is 93.6 Å². The molecule has 0 radical (unpaired) electrons. The zero-order valence-electron chi connectivity index (χ0n) is 31.2. The molecule has 7 atom stereocenters. The van der Waals surface area contributed by atoms with Crippen molar-refractivity contribution < 1.29 is 24.2 Å². The first-order valence-electron chi connectivity index (χ1n) is 18.6. The zero-order chi connectivity index (χ0) is 37.1. The first-order valence-corrected chi connectivity index (χ1v) is 19.4. The summed E-state index contributed by atoms with van der Waals surface area (Å²) in [5, 5.41) is 10.9. The summed E-state index contributed by atoms with van der Waals surface area (Å²) in [6, 6.07) is 13.9. The number of aliphatic hydroxyl groups is 1. The second kappa shape index (κ2) is 15.9. The fraction of sp³-hybridized carbons (Fsp3) is 0.537. The quantitative estimate of drug-likeness (QED) is 0.186. The van der Waals surface area contributed by atoms with E-state index in [9.17, 15) is 9.90 Å². The number of nitrogens with zero attached hydrogens (tertiary/aromatic N) is 4. The number of carbonyl (C=O) groups is 3. The highest BCUT2D eigenvalue weighted by Crippen LogP contribution is 2.72. The number of hydrogen-bond donors (Lipinski definition) is 1. The Balaban J connectivity index is 1.60. The zero-order valence-corrected chi connectivity index (χ0v) is 32.0. The van der Waals surface area contributed by atoms with Crippen LogP contribution in [0.2, 0.25) is 0 Å². The van der Waals surface area contributed by atoms with Crippen molar-refractivity contribution in [3.05, 3.63) is 73.8 Å². The molecular weight excluding hydrogens is 661 g/mol. The predicted octanol–water partition coefficient (Wildman–Crippen LogP) is 6.56. The molecule has 9 nitrogen and oxygen atoms in total. The molecule has 10 heteroatoms. The summed E-state index contributed by atoms with van der Waals surface area (Å²) in [5.41, 5.74) is 2.48. The molecule has 3 aliphatic heterocycles. The summed E-state index contributed by atoms with van der Waals surface area (Å²) < 4.78 is 4.24. The maximum atomic E-state index is 15.3. The van der Waals surface area contributed by atoms with Gasteiger partial charge in [-0.1, -0.05) is 32.4 Å². The van der Waals surface area contributed by atoms with Gasteiger partial charge >= 0.3 is 0 Å². The van der Waals surface area contributed by atoms with Crippen LogP contribution in [0.5, 0.6) is 5.75 Å². The molecule has 3 fully saturated rings. The number of amides is 3. The molecule has 0 saturated carbocycles. The number of carbonyl (C=O) groups excluding carboxylic acids is 3. The molecule has 2 aromatic rings. The number of aliphatic hydroxyl groups excluding tert-OH is 1. The van der Waals surface area contributed by atoms with Crippen molar-refractivity contribution in [2.75, 3.05) is 54.1 Å². The van der Waals surface area contributed by atoms with E-state index < -0.39 is 33.4 Å². The number of ether oxygens (including phenoxy) is 1. The molecule has 3 heterocycles. The lowest BCUT2D eigenvalue weighted by Crippen LogP contribution is -2.58. The van der Waals surface area contributed by atoms with Crippen LogP contribution in [0.3, 0.4) is 0 Å². The first-order chi connectivity index (χ1) is 24.5. The Bertz CT molecular complexity index is 1580. The molecular formula is C41H56N4O5S. The van der Waals surface area contributed by atoms with Gasteiger partial charge in [-0.05, 0) is 95.0 Å². The lowest BCUT2D eigenvalue weighted by molar-refractivity contribution is -0.143. The van der Waals surface area contributed by atoms with E-state index in [-0.39, 0.29) is 43.3 Å². The van der Waals surface area contributed by atoms with Crippen LogP contribution in [-0.2, 0) is 14.4 Å². The van der Waals surface area contributed by atoms with E-state index in [1.54, 1.807) is 38.6 Å². The van der Waals surface area contributed by atoms with Crippen LogP contribution in [0.4, 0.5) is 17.1 Å². The van der Waals surface area contributed by atoms with Gasteiger partial charge in [0.15, 0.2) is 0 Å². The summed E-state index contributed by atoms with van der Waals surface area (Å²) >= 11 is 1.64. The molecule has 1 N–H and O–H groups in total. The van der Waals surface area contributed by atoms with E-state index in [0.717, 1.165) is 30.9 Å². The van der Waals surface area contributed by atoms with Crippen molar-refractivity contribution in [3.8, 4) is 5.75 Å². The fourth-order valence-electron chi connectivity index (χ4n) is 8.73. The molecule has 51 heavy (non-hydrogen) atoms. The number of rotatable bonds is 17. The van der Waals surface area contributed by atoms with Crippen LogP contribution in [-0.4, -0.2) is 88.7 Å². The average Bonchev–Trinajstić information content (AvgIpc) is 3.71. The van der Waals surface area contributed by atoms with E-state index >= 15 is 9.59 Å². The number of likely N-dealkylation sites (tertiary alicyclic amines) is 1. The molecule has 0 aromatic heterocycles. The Morgan fingerprint density at radius 2 is 1.49 bits per heavy atom. The lowest BCUT2D eigenvalue weighted by atomic mass is 9.66. The summed E-state index contributed by atoms with van der Waals surface area (Å²) in [6.45, 7) is 22.7. The van der Waals surface area contributed by atoms with Gasteiger partial charge in [0.1, 0.15) is 11.8 Å². The fourth-order valence-corrected chi connectivity index (χ4v) is 11.1. The standard InChI is InChI=1S/C41H56N4O5S/c1-9-25-43(31-19-21-32(22-20-31)50-14-6)37(47)34-35-38(48)45(33(27-46)28(7)11-3)36(41(35)24-23-40(34,8)51-41)39(49)44(26-10-2)30-17-15-29(16-18-30)42(12-4)13-5/h9-10,15-22,28,33-36,46H,1-2,11-14,23-27H2,3-8H3/t28-,33-,34-,35-,36?,40+,41?/m0/s1. The Labute approximate surface area is 308 Å². The normalized spacial score (nSPS) is 26.0. The first kappa shape index (κ1) is 38.5. The summed E-state index contributed by atoms with van der Waals surface area (Å²) in [4.78, 5) is 52.7. The highest BCUT2D eigenvalue weighted by atomic mass is 32.2. The molecule has 2 aromatic carbocycles. The van der Waals surface area contributed by atoms with Crippen molar-refractivity contribution >= 4 is 46.5 Å². The van der Waals surface area contributed by atoms with Crippen LogP contribution >= 0.6 is 11.8 Å². The van der Waals surface area contributed by atoms with Gasteiger partial charge in [0.2, 0.25) is 11.8 Å². The van der Waals surface area contributed by atoms with Crippen molar-refractivity contribution in [1.82, 2.24) is 4.90 Å². The van der Waals surface area contributed by atoms with Crippen LogP contribution in [0, 0.1) is 17.8 Å². The number of thioether (sulfide) groups is 1. The van der Waals surface area contributed by atoms with Crippen molar-refractivity contribution in [2.45, 2.75) is 82.4 Å². The molecule has 2 bridgehead atoms. The molecule has 0 aliphatic carbocycles. The minimum atomic E-state index is -0.869. The molecule has 1 spiro atoms. The van der Waals surface area contributed by atoms with E-state index in [1.165, 1.54) is 0 Å². The van der Waals surface area contributed by atoms with Crippen molar-refractivity contribution in [2.24, 2.45) is 17.8 Å². The number of fused-ring (bicyclic) bond motifs is 1. The van der Waals surface area contributed by atoms with Gasteiger partial charge in [-0.25, -0.2) is 0 Å². The van der Waals surface area contributed by atoms with Gasteiger partial charge in [0.05, 0.1) is 35.8 Å². The summed E-state index contributed by atoms with van der Waals surface area (Å²) in [5.74, 6) is -1.34. The molecule has 2 unspecified atom stereocenters.